The van der Waals surface area contributed by atoms with Gasteiger partial charge in [-0.15, -0.1) is 0 Å². The molecule has 0 spiro atoms. The van der Waals surface area contributed by atoms with Gasteiger partial charge in [-0.25, -0.2) is 0 Å². The largest absolute Gasteiger partial charge is 0.310 e. The fourth-order valence-electron chi connectivity index (χ4n) is 2.18. The van der Waals surface area contributed by atoms with E-state index in [1.807, 2.05) is 10.9 Å². The normalized spacial score (nSPS) is 12.6. The monoisotopic (exact) mass is 257 g/mol. The van der Waals surface area contributed by atoms with Gasteiger partial charge in [-0.1, -0.05) is 38.1 Å². The average Bonchev–Trinajstić information content (AvgIpc) is 2.88. The van der Waals surface area contributed by atoms with Crippen molar-refractivity contribution in [2.45, 2.75) is 39.8 Å². The Hall–Kier alpha value is -1.61. The molecule has 19 heavy (non-hydrogen) atoms. The molecule has 0 aliphatic carbocycles. The van der Waals surface area contributed by atoms with Crippen LogP contribution < -0.4 is 5.32 Å². The fourth-order valence-corrected chi connectivity index (χ4v) is 2.18. The highest BCUT2D eigenvalue weighted by molar-refractivity contribution is 5.23. The van der Waals surface area contributed by atoms with Crippen LogP contribution in [0.2, 0.25) is 0 Å². The first-order chi connectivity index (χ1) is 9.22. The summed E-state index contributed by atoms with van der Waals surface area (Å²) in [6, 6.07) is 9.13. The fraction of sp³-hybridized carbons (Fsp3) is 0.438. The zero-order valence-corrected chi connectivity index (χ0v) is 12.1. The van der Waals surface area contributed by atoms with Crippen LogP contribution in [0.4, 0.5) is 0 Å². The number of rotatable bonds is 6. The van der Waals surface area contributed by atoms with Gasteiger partial charge >= 0.3 is 0 Å². The van der Waals surface area contributed by atoms with Gasteiger partial charge in [0.05, 0.1) is 12.7 Å². The van der Waals surface area contributed by atoms with Crippen LogP contribution in [0.1, 0.15) is 43.5 Å². The lowest BCUT2D eigenvalue weighted by molar-refractivity contribution is 0.596. The van der Waals surface area contributed by atoms with Gasteiger partial charge in [-0.05, 0) is 31.0 Å². The highest BCUT2D eigenvalue weighted by Gasteiger charge is 2.06. The highest BCUT2D eigenvalue weighted by atomic mass is 15.3. The minimum atomic E-state index is 0.362. The van der Waals surface area contributed by atoms with Crippen LogP contribution in [0, 0.1) is 0 Å². The molecule has 2 rings (SSSR count). The smallest absolute Gasteiger partial charge is 0.0659 e. The van der Waals surface area contributed by atoms with Gasteiger partial charge in [-0.2, -0.15) is 5.10 Å². The van der Waals surface area contributed by atoms with E-state index in [-0.39, 0.29) is 0 Å². The van der Waals surface area contributed by atoms with Crippen molar-refractivity contribution >= 4 is 0 Å². The van der Waals surface area contributed by atoms with Crippen molar-refractivity contribution in [1.29, 1.82) is 0 Å². The van der Waals surface area contributed by atoms with Gasteiger partial charge in [0, 0.05) is 17.8 Å². The maximum atomic E-state index is 4.43. The summed E-state index contributed by atoms with van der Waals surface area (Å²) in [5.41, 5.74) is 3.92. The Morgan fingerprint density at radius 3 is 2.47 bits per heavy atom. The Morgan fingerprint density at radius 2 is 1.84 bits per heavy atom. The van der Waals surface area contributed by atoms with Crippen molar-refractivity contribution in [2.24, 2.45) is 0 Å². The SMILES string of the molecule is CCNC(C)c1cnn(Cc2ccc(CC)cc2)c1. The van der Waals surface area contributed by atoms with Crippen LogP contribution in [0.3, 0.4) is 0 Å². The summed E-state index contributed by atoms with van der Waals surface area (Å²) >= 11 is 0. The average molecular weight is 257 g/mol. The Labute approximate surface area is 115 Å². The summed E-state index contributed by atoms with van der Waals surface area (Å²) < 4.78 is 2.00. The second kappa shape index (κ2) is 6.53. The van der Waals surface area contributed by atoms with Crippen LogP contribution in [0.25, 0.3) is 0 Å². The summed E-state index contributed by atoms with van der Waals surface area (Å²) in [4.78, 5) is 0. The first-order valence-corrected chi connectivity index (χ1v) is 7.06. The molecule has 0 saturated heterocycles. The number of benzene rings is 1. The van der Waals surface area contributed by atoms with Crippen molar-refractivity contribution in [2.75, 3.05) is 6.54 Å². The van der Waals surface area contributed by atoms with E-state index in [1.165, 1.54) is 16.7 Å². The number of aryl methyl sites for hydroxylation is 1. The Bertz CT molecular complexity index is 499. The maximum absolute atomic E-state index is 4.43. The molecule has 0 saturated carbocycles. The van der Waals surface area contributed by atoms with E-state index in [1.54, 1.807) is 0 Å². The Balaban J connectivity index is 2.02. The van der Waals surface area contributed by atoms with Crippen molar-refractivity contribution in [1.82, 2.24) is 15.1 Å². The molecule has 0 aliphatic rings. The zero-order valence-electron chi connectivity index (χ0n) is 12.1. The molecule has 1 N–H and O–H groups in total. The predicted octanol–water partition coefficient (Wildman–Crippen LogP) is 3.16. The lowest BCUT2D eigenvalue weighted by Gasteiger charge is -2.09. The first-order valence-electron chi connectivity index (χ1n) is 7.06. The molecule has 1 atom stereocenters. The summed E-state index contributed by atoms with van der Waals surface area (Å²) in [5.74, 6) is 0. The van der Waals surface area contributed by atoms with Gasteiger partial charge in [-0.3, -0.25) is 4.68 Å². The zero-order chi connectivity index (χ0) is 13.7. The number of hydrogen-bond acceptors (Lipinski definition) is 2. The van der Waals surface area contributed by atoms with Crippen LogP contribution in [0.5, 0.6) is 0 Å². The lowest BCUT2D eigenvalue weighted by Crippen LogP contribution is -2.17. The van der Waals surface area contributed by atoms with Gasteiger partial charge < -0.3 is 5.32 Å². The van der Waals surface area contributed by atoms with Crippen molar-refractivity contribution in [3.05, 3.63) is 53.3 Å². The van der Waals surface area contributed by atoms with Crippen LogP contribution in [-0.2, 0) is 13.0 Å². The minimum Gasteiger partial charge on any atom is -0.310 e. The highest BCUT2D eigenvalue weighted by Crippen LogP contribution is 2.12. The third-order valence-corrected chi connectivity index (χ3v) is 3.44. The molecule has 0 radical (unpaired) electrons. The van der Waals surface area contributed by atoms with E-state index in [9.17, 15) is 0 Å². The molecule has 2 aromatic rings. The standard InChI is InChI=1S/C16H23N3/c1-4-14-6-8-15(9-7-14)11-19-12-16(10-18-19)13(3)17-5-2/h6-10,12-13,17H,4-5,11H2,1-3H3. The first kappa shape index (κ1) is 13.8. The van der Waals surface area contributed by atoms with E-state index in [4.69, 9.17) is 0 Å². The van der Waals surface area contributed by atoms with Gasteiger partial charge in [0.2, 0.25) is 0 Å². The topological polar surface area (TPSA) is 29.9 Å². The molecule has 1 aromatic heterocycles. The second-order valence-electron chi connectivity index (χ2n) is 4.92. The van der Waals surface area contributed by atoms with E-state index in [2.05, 4.69) is 61.6 Å². The Morgan fingerprint density at radius 1 is 1.16 bits per heavy atom. The third-order valence-electron chi connectivity index (χ3n) is 3.44. The lowest BCUT2D eigenvalue weighted by atomic mass is 10.1. The molecule has 3 heteroatoms. The van der Waals surface area contributed by atoms with Crippen LogP contribution in [0.15, 0.2) is 36.7 Å². The Kier molecular flexibility index (Phi) is 4.74. The molecule has 102 valence electrons. The molecule has 3 nitrogen and oxygen atoms in total. The summed E-state index contributed by atoms with van der Waals surface area (Å²) in [5, 5.41) is 7.83. The molecule has 0 aliphatic heterocycles. The van der Waals surface area contributed by atoms with E-state index < -0.39 is 0 Å². The van der Waals surface area contributed by atoms with Gasteiger partial charge in [0.25, 0.3) is 0 Å². The summed E-state index contributed by atoms with van der Waals surface area (Å²) in [6.45, 7) is 8.28. The van der Waals surface area contributed by atoms with Crippen molar-refractivity contribution < 1.29 is 0 Å². The van der Waals surface area contributed by atoms with Gasteiger partial charge in [0.1, 0.15) is 0 Å². The third kappa shape index (κ3) is 3.67. The second-order valence-corrected chi connectivity index (χ2v) is 4.92. The summed E-state index contributed by atoms with van der Waals surface area (Å²) in [7, 11) is 0. The molecule has 0 fully saturated rings. The number of hydrogen-bond donors (Lipinski definition) is 1. The maximum Gasteiger partial charge on any atom is 0.0659 e. The number of aromatic nitrogens is 2. The quantitative estimate of drug-likeness (QED) is 0.861. The molecule has 0 amide bonds. The molecular formula is C16H23N3. The van der Waals surface area contributed by atoms with Crippen LogP contribution in [-0.4, -0.2) is 16.3 Å². The number of nitrogens with zero attached hydrogens (tertiary/aromatic N) is 2. The molecule has 1 aromatic carbocycles. The molecular weight excluding hydrogens is 234 g/mol. The van der Waals surface area contributed by atoms with E-state index in [0.717, 1.165) is 19.5 Å². The van der Waals surface area contributed by atoms with Gasteiger partial charge in [0.15, 0.2) is 0 Å². The minimum absolute atomic E-state index is 0.362. The van der Waals surface area contributed by atoms with Crippen LogP contribution >= 0.6 is 0 Å². The van der Waals surface area contributed by atoms with Crippen molar-refractivity contribution in [3.63, 3.8) is 0 Å². The van der Waals surface area contributed by atoms with Crippen molar-refractivity contribution in [3.8, 4) is 0 Å². The number of nitrogens with one attached hydrogen (secondary N) is 1. The van der Waals surface area contributed by atoms with E-state index in [0.29, 0.717) is 6.04 Å². The summed E-state index contributed by atoms with van der Waals surface area (Å²) in [6.07, 6.45) is 5.17. The molecule has 0 bridgehead atoms. The molecule has 1 heterocycles. The predicted molar refractivity (Wildman–Crippen MR) is 79.2 cm³/mol. The van der Waals surface area contributed by atoms with E-state index >= 15 is 0 Å². The molecule has 1 unspecified atom stereocenters.